The van der Waals surface area contributed by atoms with Crippen molar-refractivity contribution in [3.8, 4) is 0 Å². The van der Waals surface area contributed by atoms with Gasteiger partial charge in [-0.1, -0.05) is 66.2 Å². The van der Waals surface area contributed by atoms with Crippen LogP contribution in [0, 0.1) is 11.8 Å². The molecule has 7 nitrogen and oxygen atoms in total. The number of carbonyl (C=O) groups excluding carboxylic acids is 3. The number of allylic oxidation sites excluding steroid dienone is 1. The van der Waals surface area contributed by atoms with Gasteiger partial charge in [0, 0.05) is 11.3 Å². The highest BCUT2D eigenvalue weighted by Gasteiger charge is 2.78. The van der Waals surface area contributed by atoms with E-state index in [9.17, 15) is 19.5 Å². The number of amides is 2. The van der Waals surface area contributed by atoms with E-state index in [2.05, 4.69) is 13.2 Å². The minimum absolute atomic E-state index is 0.174. The number of aliphatic hydroxyl groups excluding tert-OH is 1. The second kappa shape index (κ2) is 12.3. The maximum absolute atomic E-state index is 14.9. The smallest absolute Gasteiger partial charge is 0.311 e. The lowest BCUT2D eigenvalue weighted by Crippen LogP contribution is -2.56. The molecule has 222 valence electrons. The number of unbranched alkanes of at least 4 members (excludes halogenated alkanes) is 1. The molecule has 3 saturated heterocycles. The van der Waals surface area contributed by atoms with Crippen LogP contribution < -0.4 is 4.90 Å². The second-order valence-corrected chi connectivity index (χ2v) is 13.7. The third-order valence-electron chi connectivity index (χ3n) is 8.91. The molecule has 5 rings (SSSR count). The van der Waals surface area contributed by atoms with Crippen molar-refractivity contribution in [3.05, 3.63) is 90.5 Å². The largest absolute Gasteiger partial charge is 0.465 e. The lowest BCUT2D eigenvalue weighted by atomic mass is 9.66. The van der Waals surface area contributed by atoms with Crippen LogP contribution in [-0.4, -0.2) is 63.1 Å². The van der Waals surface area contributed by atoms with Crippen LogP contribution in [0.4, 0.5) is 5.69 Å². The van der Waals surface area contributed by atoms with Crippen LogP contribution in [0.3, 0.4) is 0 Å². The predicted octanol–water partition coefficient (Wildman–Crippen LogP) is 5.58. The molecule has 42 heavy (non-hydrogen) atoms. The Kier molecular flexibility index (Phi) is 8.88. The number of aliphatic hydroxyl groups is 1. The average molecular weight is 609 g/mol. The summed E-state index contributed by atoms with van der Waals surface area (Å²) in [5.41, 5.74) is 1.23. The number of thioether (sulfide) groups is 1. The fourth-order valence-electron chi connectivity index (χ4n) is 7.11. The van der Waals surface area contributed by atoms with Gasteiger partial charge in [0.05, 0.1) is 46.5 Å². The second-order valence-electron chi connectivity index (χ2n) is 11.4. The summed E-state index contributed by atoms with van der Waals surface area (Å²) < 4.78 is 4.29. The van der Waals surface area contributed by atoms with Crippen LogP contribution in [0.25, 0.3) is 0 Å². The topological polar surface area (TPSA) is 87.1 Å². The van der Waals surface area contributed by atoms with E-state index in [1.54, 1.807) is 58.0 Å². The third-order valence-corrected chi connectivity index (χ3v) is 11.2. The van der Waals surface area contributed by atoms with E-state index in [1.165, 1.54) is 0 Å². The molecule has 3 aliphatic heterocycles. The number of benzene rings is 2. The van der Waals surface area contributed by atoms with E-state index in [1.807, 2.05) is 37.3 Å². The Morgan fingerprint density at radius 3 is 2.55 bits per heavy atom. The zero-order valence-electron chi connectivity index (χ0n) is 23.8. The summed E-state index contributed by atoms with van der Waals surface area (Å²) in [5, 5.41) is 11.1. The van der Waals surface area contributed by atoms with Gasteiger partial charge in [-0.25, -0.2) is 0 Å². The monoisotopic (exact) mass is 608 g/mol. The number of esters is 1. The molecule has 0 saturated carbocycles. The number of likely N-dealkylation sites (tertiary alicyclic amines) is 1. The van der Waals surface area contributed by atoms with Crippen LogP contribution in [0.2, 0.25) is 5.02 Å². The molecule has 2 amide bonds. The average Bonchev–Trinajstić information content (AvgIpc) is 3.56. The number of para-hydroxylation sites is 1. The van der Waals surface area contributed by atoms with Crippen LogP contribution in [0.15, 0.2) is 79.9 Å². The van der Waals surface area contributed by atoms with Crippen LogP contribution in [-0.2, 0) is 19.1 Å². The zero-order chi connectivity index (χ0) is 30.1. The highest BCUT2D eigenvalue weighted by Crippen LogP contribution is 2.72. The van der Waals surface area contributed by atoms with E-state index in [0.29, 0.717) is 35.5 Å². The number of hydrogen-bond acceptors (Lipinski definition) is 6. The van der Waals surface area contributed by atoms with Crippen LogP contribution >= 0.6 is 23.4 Å². The third kappa shape index (κ3) is 4.97. The minimum atomic E-state index is -0.950. The van der Waals surface area contributed by atoms with Gasteiger partial charge in [0.2, 0.25) is 5.91 Å². The number of hydrogen-bond donors (Lipinski definition) is 1. The fourth-order valence-corrected chi connectivity index (χ4v) is 9.67. The Labute approximate surface area is 256 Å². The first-order valence-corrected chi connectivity index (χ1v) is 15.6. The van der Waals surface area contributed by atoms with Gasteiger partial charge in [0.1, 0.15) is 6.04 Å². The summed E-state index contributed by atoms with van der Waals surface area (Å²) >= 11 is 8.15. The molecule has 3 fully saturated rings. The molecule has 1 spiro atoms. The van der Waals surface area contributed by atoms with Gasteiger partial charge in [-0.15, -0.1) is 24.9 Å². The highest BCUT2D eigenvalue weighted by molar-refractivity contribution is 8.02. The van der Waals surface area contributed by atoms with Crippen molar-refractivity contribution in [2.45, 2.75) is 54.2 Å². The minimum Gasteiger partial charge on any atom is -0.465 e. The summed E-state index contributed by atoms with van der Waals surface area (Å²) in [6, 6.07) is 14.6. The number of ether oxygens (including phenoxy) is 1. The van der Waals surface area contributed by atoms with E-state index < -0.39 is 39.4 Å². The van der Waals surface area contributed by atoms with Crippen molar-refractivity contribution in [1.29, 1.82) is 0 Å². The Bertz CT molecular complexity index is 1370. The van der Waals surface area contributed by atoms with Crippen LogP contribution in [0.1, 0.15) is 44.2 Å². The molecule has 3 heterocycles. The molecule has 0 radical (unpaired) electrons. The van der Waals surface area contributed by atoms with Crippen molar-refractivity contribution in [3.63, 3.8) is 0 Å². The molecule has 2 unspecified atom stereocenters. The zero-order valence-corrected chi connectivity index (χ0v) is 25.4. The summed E-state index contributed by atoms with van der Waals surface area (Å²) in [5.74, 6) is -2.51. The van der Waals surface area contributed by atoms with Crippen molar-refractivity contribution >= 4 is 46.8 Å². The summed E-state index contributed by atoms with van der Waals surface area (Å²) in [4.78, 5) is 46.3. The Morgan fingerprint density at radius 2 is 1.88 bits per heavy atom. The van der Waals surface area contributed by atoms with E-state index in [0.717, 1.165) is 6.42 Å². The van der Waals surface area contributed by atoms with Gasteiger partial charge < -0.3 is 19.6 Å². The van der Waals surface area contributed by atoms with Gasteiger partial charge in [-0.3, -0.25) is 14.4 Å². The lowest BCUT2D eigenvalue weighted by molar-refractivity contribution is -0.156. The standard InChI is InChI=1S/C33H37ClN2O5S/c1-4-6-12-20-41-31(40)27-26-29(38)36(25(21-37)22-13-8-7-9-14-22)28(33(26)18-17-32(27,3)42-33)30(39)35(19-5-2)24-16-11-10-15-23(24)34/h4-5,7-11,13-16,25-28,37H,1-2,6,12,17-21H2,3H3/t25-,26+,27-,28?,32+,33?/m1/s1. The molecule has 0 aromatic heterocycles. The van der Waals surface area contributed by atoms with E-state index in [4.69, 9.17) is 16.3 Å². The molecule has 6 atom stereocenters. The van der Waals surface area contributed by atoms with Crippen molar-refractivity contribution < 1.29 is 24.2 Å². The number of fused-ring (bicyclic) bond motifs is 1. The Hall–Kier alpha value is -3.07. The molecule has 2 bridgehead atoms. The normalized spacial score (nSPS) is 28.3. The van der Waals surface area contributed by atoms with E-state index >= 15 is 0 Å². The number of halogens is 1. The predicted molar refractivity (Wildman–Crippen MR) is 166 cm³/mol. The molecular weight excluding hydrogens is 572 g/mol. The van der Waals surface area contributed by atoms with Gasteiger partial charge in [0.15, 0.2) is 0 Å². The van der Waals surface area contributed by atoms with Crippen molar-refractivity contribution in [2.75, 3.05) is 24.7 Å². The van der Waals surface area contributed by atoms with Gasteiger partial charge in [0.25, 0.3) is 5.91 Å². The Balaban J connectivity index is 1.62. The van der Waals surface area contributed by atoms with E-state index in [-0.39, 0.29) is 31.6 Å². The van der Waals surface area contributed by atoms with Crippen LogP contribution in [0.5, 0.6) is 0 Å². The van der Waals surface area contributed by atoms with Gasteiger partial charge in [-0.05, 0) is 50.3 Å². The number of anilines is 1. The first kappa shape index (κ1) is 30.4. The maximum atomic E-state index is 14.9. The number of rotatable bonds is 12. The maximum Gasteiger partial charge on any atom is 0.311 e. The number of carbonyl (C=O) groups is 3. The molecule has 3 aliphatic rings. The molecular formula is C33H37ClN2O5S. The molecule has 2 aromatic carbocycles. The summed E-state index contributed by atoms with van der Waals surface area (Å²) in [6.07, 6.45) is 6.01. The molecule has 2 aromatic rings. The summed E-state index contributed by atoms with van der Waals surface area (Å²) in [7, 11) is 0. The lowest BCUT2D eigenvalue weighted by Gasteiger charge is -2.40. The quantitative estimate of drug-likeness (QED) is 0.192. The van der Waals surface area contributed by atoms with Crippen molar-refractivity contribution in [2.24, 2.45) is 11.8 Å². The first-order valence-electron chi connectivity index (χ1n) is 14.4. The van der Waals surface area contributed by atoms with Crippen molar-refractivity contribution in [1.82, 2.24) is 4.90 Å². The number of nitrogens with zero attached hydrogens (tertiary/aromatic N) is 2. The fraction of sp³-hybridized carbons (Fsp3) is 0.424. The molecule has 0 aliphatic carbocycles. The highest BCUT2D eigenvalue weighted by atomic mass is 35.5. The molecule has 1 N–H and O–H groups in total. The summed E-state index contributed by atoms with van der Waals surface area (Å²) in [6.45, 7) is 9.63. The Morgan fingerprint density at radius 1 is 1.17 bits per heavy atom. The first-order chi connectivity index (χ1) is 20.2. The van der Waals surface area contributed by atoms with Gasteiger partial charge >= 0.3 is 5.97 Å². The molecule has 9 heteroatoms. The SMILES string of the molecule is C=CCCCOC(=O)[C@H]1[C@H]2C(=O)N([C@H](CO)c3ccccc3)C(C(=O)N(CC=C)c3ccccc3Cl)C23CC[C@]1(C)S3. The van der Waals surface area contributed by atoms with Gasteiger partial charge in [-0.2, -0.15) is 0 Å².